The summed E-state index contributed by atoms with van der Waals surface area (Å²) < 4.78 is 0. The van der Waals surface area contributed by atoms with Crippen molar-refractivity contribution in [1.82, 2.24) is 4.90 Å². The fourth-order valence-corrected chi connectivity index (χ4v) is 1.11. The normalized spacial score (nSPS) is 28.7. The molecule has 3 heteroatoms. The standard InChI is InChI=1S/C6H13NO2/c1-7-3-2-5(7)4-6(8)9/h5-6,8-9H,2-4H2,1H3. The largest absolute Gasteiger partial charge is 0.368 e. The molecule has 1 rings (SSSR count). The molecule has 0 amide bonds. The Morgan fingerprint density at radius 2 is 2.33 bits per heavy atom. The summed E-state index contributed by atoms with van der Waals surface area (Å²) in [6.45, 7) is 1.09. The van der Waals surface area contributed by atoms with Crippen molar-refractivity contribution in [3.05, 3.63) is 0 Å². The van der Waals surface area contributed by atoms with Gasteiger partial charge in [-0.1, -0.05) is 0 Å². The number of rotatable bonds is 2. The maximum Gasteiger partial charge on any atom is 0.152 e. The highest BCUT2D eigenvalue weighted by molar-refractivity contribution is 4.79. The van der Waals surface area contributed by atoms with E-state index < -0.39 is 6.29 Å². The number of aliphatic hydroxyl groups is 2. The Hall–Kier alpha value is -0.120. The summed E-state index contributed by atoms with van der Waals surface area (Å²) in [4.78, 5) is 2.12. The van der Waals surface area contributed by atoms with Crippen LogP contribution in [0, 0.1) is 0 Å². The van der Waals surface area contributed by atoms with Crippen molar-refractivity contribution in [3.8, 4) is 0 Å². The van der Waals surface area contributed by atoms with Crippen LogP contribution in [0.1, 0.15) is 12.8 Å². The van der Waals surface area contributed by atoms with E-state index in [4.69, 9.17) is 10.2 Å². The Morgan fingerprint density at radius 1 is 1.67 bits per heavy atom. The van der Waals surface area contributed by atoms with Gasteiger partial charge in [-0.3, -0.25) is 0 Å². The first kappa shape index (κ1) is 6.99. The van der Waals surface area contributed by atoms with Crippen LogP contribution >= 0.6 is 0 Å². The Balaban J connectivity index is 2.13. The van der Waals surface area contributed by atoms with Gasteiger partial charge in [0.2, 0.25) is 0 Å². The quantitative estimate of drug-likeness (QED) is 0.491. The molecule has 0 bridgehead atoms. The number of nitrogens with zero attached hydrogens (tertiary/aromatic N) is 1. The molecule has 54 valence electrons. The lowest BCUT2D eigenvalue weighted by Gasteiger charge is -2.38. The maximum absolute atomic E-state index is 8.53. The van der Waals surface area contributed by atoms with Crippen molar-refractivity contribution in [3.63, 3.8) is 0 Å². The van der Waals surface area contributed by atoms with Crippen LogP contribution in [-0.2, 0) is 0 Å². The molecular formula is C6H13NO2. The first-order valence-corrected chi connectivity index (χ1v) is 3.26. The van der Waals surface area contributed by atoms with Gasteiger partial charge in [-0.2, -0.15) is 0 Å². The lowest BCUT2D eigenvalue weighted by molar-refractivity contribution is -0.0726. The second-order valence-corrected chi connectivity index (χ2v) is 2.64. The maximum atomic E-state index is 8.53. The zero-order valence-electron chi connectivity index (χ0n) is 5.62. The van der Waals surface area contributed by atoms with E-state index in [2.05, 4.69) is 4.90 Å². The van der Waals surface area contributed by atoms with E-state index in [9.17, 15) is 0 Å². The minimum atomic E-state index is -1.13. The van der Waals surface area contributed by atoms with Crippen LogP contribution in [0.5, 0.6) is 0 Å². The van der Waals surface area contributed by atoms with Gasteiger partial charge in [0, 0.05) is 12.5 Å². The van der Waals surface area contributed by atoms with E-state index in [1.165, 1.54) is 0 Å². The topological polar surface area (TPSA) is 43.7 Å². The van der Waals surface area contributed by atoms with Crippen LogP contribution in [0.15, 0.2) is 0 Å². The number of aliphatic hydroxyl groups excluding tert-OH is 1. The molecule has 1 fully saturated rings. The minimum absolute atomic E-state index is 0.407. The van der Waals surface area contributed by atoms with Gasteiger partial charge in [-0.25, -0.2) is 0 Å². The Labute approximate surface area is 54.9 Å². The molecule has 0 radical (unpaired) electrons. The Bertz CT molecular complexity index is 95.1. The van der Waals surface area contributed by atoms with Crippen molar-refractivity contribution in [2.75, 3.05) is 13.6 Å². The van der Waals surface area contributed by atoms with Crippen molar-refractivity contribution in [2.45, 2.75) is 25.2 Å². The first-order chi connectivity index (χ1) is 4.20. The lowest BCUT2D eigenvalue weighted by Crippen LogP contribution is -2.46. The molecule has 1 atom stereocenters. The third-order valence-electron chi connectivity index (χ3n) is 1.92. The fraction of sp³-hybridized carbons (Fsp3) is 1.00. The molecule has 0 aromatic rings. The molecule has 0 spiro atoms. The highest BCUT2D eigenvalue weighted by atomic mass is 16.5. The zero-order chi connectivity index (χ0) is 6.85. The lowest BCUT2D eigenvalue weighted by atomic mass is 10.0. The van der Waals surface area contributed by atoms with E-state index in [1.54, 1.807) is 0 Å². The summed E-state index contributed by atoms with van der Waals surface area (Å²) in [6, 6.07) is 0.407. The molecule has 0 aromatic carbocycles. The van der Waals surface area contributed by atoms with E-state index >= 15 is 0 Å². The Morgan fingerprint density at radius 3 is 2.44 bits per heavy atom. The van der Waals surface area contributed by atoms with E-state index in [-0.39, 0.29) is 0 Å². The van der Waals surface area contributed by atoms with Crippen LogP contribution in [-0.4, -0.2) is 41.0 Å². The molecule has 2 N–H and O–H groups in total. The molecular weight excluding hydrogens is 118 g/mol. The summed E-state index contributed by atoms with van der Waals surface area (Å²) in [5.41, 5.74) is 0. The third-order valence-corrected chi connectivity index (χ3v) is 1.92. The molecule has 1 aliphatic rings. The molecule has 0 aliphatic carbocycles. The summed E-state index contributed by atoms with van der Waals surface area (Å²) >= 11 is 0. The molecule has 1 aliphatic heterocycles. The third kappa shape index (κ3) is 1.64. The van der Waals surface area contributed by atoms with E-state index in [1.807, 2.05) is 7.05 Å². The van der Waals surface area contributed by atoms with Gasteiger partial charge >= 0.3 is 0 Å². The van der Waals surface area contributed by atoms with Crippen molar-refractivity contribution < 1.29 is 10.2 Å². The van der Waals surface area contributed by atoms with Gasteiger partial charge in [0.05, 0.1) is 0 Å². The summed E-state index contributed by atoms with van der Waals surface area (Å²) in [5, 5.41) is 17.1. The summed E-state index contributed by atoms with van der Waals surface area (Å²) in [5.74, 6) is 0. The predicted octanol–water partition coefficient (Wildman–Crippen LogP) is -0.609. The molecule has 1 unspecified atom stereocenters. The number of hydrogen-bond donors (Lipinski definition) is 2. The average molecular weight is 131 g/mol. The minimum Gasteiger partial charge on any atom is -0.368 e. The smallest absolute Gasteiger partial charge is 0.152 e. The fourth-order valence-electron chi connectivity index (χ4n) is 1.11. The Kier molecular flexibility index (Phi) is 2.05. The van der Waals surface area contributed by atoms with Crippen LogP contribution in [0.2, 0.25) is 0 Å². The molecule has 3 nitrogen and oxygen atoms in total. The van der Waals surface area contributed by atoms with Gasteiger partial charge in [-0.15, -0.1) is 0 Å². The molecule has 1 saturated heterocycles. The van der Waals surface area contributed by atoms with Gasteiger partial charge in [0.25, 0.3) is 0 Å². The average Bonchev–Trinajstić information content (AvgIpc) is 1.79. The molecule has 9 heavy (non-hydrogen) atoms. The highest BCUT2D eigenvalue weighted by Crippen LogP contribution is 2.18. The van der Waals surface area contributed by atoms with Gasteiger partial charge in [0.15, 0.2) is 6.29 Å². The zero-order valence-corrected chi connectivity index (χ0v) is 5.62. The molecule has 0 saturated carbocycles. The first-order valence-electron chi connectivity index (χ1n) is 3.26. The van der Waals surface area contributed by atoms with Gasteiger partial charge in [0.1, 0.15) is 0 Å². The summed E-state index contributed by atoms with van der Waals surface area (Å²) in [7, 11) is 2.00. The number of hydrogen-bond acceptors (Lipinski definition) is 3. The van der Waals surface area contributed by atoms with Crippen molar-refractivity contribution in [1.29, 1.82) is 0 Å². The second-order valence-electron chi connectivity index (χ2n) is 2.64. The monoisotopic (exact) mass is 131 g/mol. The highest BCUT2D eigenvalue weighted by Gasteiger charge is 2.25. The van der Waals surface area contributed by atoms with Crippen LogP contribution < -0.4 is 0 Å². The van der Waals surface area contributed by atoms with E-state index in [0.717, 1.165) is 13.0 Å². The van der Waals surface area contributed by atoms with Crippen LogP contribution in [0.3, 0.4) is 0 Å². The predicted molar refractivity (Wildman–Crippen MR) is 33.9 cm³/mol. The van der Waals surface area contributed by atoms with Crippen molar-refractivity contribution in [2.24, 2.45) is 0 Å². The summed E-state index contributed by atoms with van der Waals surface area (Å²) in [6.07, 6.45) is 0.475. The van der Waals surface area contributed by atoms with Crippen LogP contribution in [0.25, 0.3) is 0 Å². The van der Waals surface area contributed by atoms with Gasteiger partial charge in [-0.05, 0) is 20.0 Å². The van der Waals surface area contributed by atoms with Gasteiger partial charge < -0.3 is 15.1 Å². The van der Waals surface area contributed by atoms with Crippen molar-refractivity contribution >= 4 is 0 Å². The van der Waals surface area contributed by atoms with E-state index in [0.29, 0.717) is 12.5 Å². The SMILES string of the molecule is CN1CCC1CC(O)O. The second kappa shape index (κ2) is 2.64. The number of likely N-dealkylation sites (tertiary alicyclic amines) is 1. The van der Waals surface area contributed by atoms with Crippen LogP contribution in [0.4, 0.5) is 0 Å². The molecule has 0 aromatic heterocycles. The molecule has 1 heterocycles.